The number of hydrogen-bond donors (Lipinski definition) is 1. The molecule has 0 fully saturated rings. The largest absolute Gasteiger partial charge is 0.298 e. The highest BCUT2D eigenvalue weighted by Gasteiger charge is 2.14. The van der Waals surface area contributed by atoms with E-state index < -0.39 is 0 Å². The average molecular weight is 404 g/mol. The van der Waals surface area contributed by atoms with Crippen molar-refractivity contribution in [2.45, 2.75) is 6.92 Å². The summed E-state index contributed by atoms with van der Waals surface area (Å²) in [6.45, 7) is 1.99. The lowest BCUT2D eigenvalue weighted by atomic mass is 10.2. The van der Waals surface area contributed by atoms with E-state index in [0.29, 0.717) is 10.7 Å². The van der Waals surface area contributed by atoms with Crippen molar-refractivity contribution in [2.24, 2.45) is 0 Å². The summed E-state index contributed by atoms with van der Waals surface area (Å²) < 4.78 is 2.95. The maximum Gasteiger partial charge on any atom is 0.258 e. The number of fused-ring (bicyclic) bond motifs is 3. The molecule has 0 aliphatic carbocycles. The summed E-state index contributed by atoms with van der Waals surface area (Å²) in [5, 5.41) is 4.51. The van der Waals surface area contributed by atoms with Gasteiger partial charge in [-0.05, 0) is 47.1 Å². The van der Waals surface area contributed by atoms with E-state index in [1.807, 2.05) is 37.3 Å². The van der Waals surface area contributed by atoms with Gasteiger partial charge in [-0.3, -0.25) is 10.1 Å². The fraction of sp³-hybridized carbons (Fsp3) is 0.0625. The van der Waals surface area contributed by atoms with Gasteiger partial charge < -0.3 is 0 Å². The zero-order valence-corrected chi connectivity index (χ0v) is 15.2. The molecule has 114 valence electrons. The van der Waals surface area contributed by atoms with Crippen LogP contribution in [-0.2, 0) is 0 Å². The summed E-state index contributed by atoms with van der Waals surface area (Å²) in [7, 11) is 0. The second-order valence-corrected chi connectivity index (χ2v) is 8.00. The van der Waals surface area contributed by atoms with E-state index in [0.717, 1.165) is 29.9 Å². The van der Waals surface area contributed by atoms with Gasteiger partial charge in [0.15, 0.2) is 5.13 Å². The molecule has 0 saturated carbocycles. The molecular formula is C16H10BrN3OS2. The van der Waals surface area contributed by atoms with Crippen LogP contribution in [0, 0.1) is 6.92 Å². The minimum Gasteiger partial charge on any atom is -0.298 e. The number of anilines is 1. The van der Waals surface area contributed by atoms with Gasteiger partial charge in [0.25, 0.3) is 5.91 Å². The van der Waals surface area contributed by atoms with Crippen LogP contribution in [0.25, 0.3) is 20.4 Å². The van der Waals surface area contributed by atoms with Crippen molar-refractivity contribution < 1.29 is 4.79 Å². The van der Waals surface area contributed by atoms with Gasteiger partial charge >= 0.3 is 0 Å². The normalized spacial score (nSPS) is 11.2. The molecule has 23 heavy (non-hydrogen) atoms. The number of carbonyl (C=O) groups excluding carboxylic acids is 1. The molecule has 4 nitrogen and oxygen atoms in total. The Balaban J connectivity index is 1.73. The van der Waals surface area contributed by atoms with Crippen molar-refractivity contribution in [2.75, 3.05) is 5.32 Å². The van der Waals surface area contributed by atoms with Gasteiger partial charge in [-0.15, -0.1) is 11.3 Å². The average Bonchev–Trinajstić information content (AvgIpc) is 3.09. The second-order valence-electron chi connectivity index (χ2n) is 4.95. The molecular weight excluding hydrogens is 394 g/mol. The van der Waals surface area contributed by atoms with Gasteiger partial charge in [-0.2, -0.15) is 0 Å². The van der Waals surface area contributed by atoms with Crippen molar-refractivity contribution in [3.8, 4) is 0 Å². The SMILES string of the molecule is Cc1nc2ccc3nc(NC(=O)c4ccccc4Br)sc3c2s1. The van der Waals surface area contributed by atoms with Crippen LogP contribution in [0.2, 0.25) is 0 Å². The summed E-state index contributed by atoms with van der Waals surface area (Å²) in [6, 6.07) is 11.2. The molecule has 0 bridgehead atoms. The van der Waals surface area contributed by atoms with Gasteiger partial charge in [0.2, 0.25) is 0 Å². The third-order valence-electron chi connectivity index (χ3n) is 3.36. The van der Waals surface area contributed by atoms with Gasteiger partial charge in [0.05, 0.1) is 31.0 Å². The van der Waals surface area contributed by atoms with Crippen LogP contribution in [-0.4, -0.2) is 15.9 Å². The minimum atomic E-state index is -0.173. The third-order valence-corrected chi connectivity index (χ3v) is 6.19. The van der Waals surface area contributed by atoms with Crippen molar-refractivity contribution in [3.05, 3.63) is 51.4 Å². The van der Waals surface area contributed by atoms with E-state index in [1.54, 1.807) is 17.4 Å². The Morgan fingerprint density at radius 2 is 1.74 bits per heavy atom. The highest BCUT2D eigenvalue weighted by Crippen LogP contribution is 2.36. The lowest BCUT2D eigenvalue weighted by Gasteiger charge is -2.03. The molecule has 0 aliphatic heterocycles. The Hall–Kier alpha value is -1.83. The standard InChI is InChI=1S/C16H10BrN3OS2/c1-8-18-11-6-7-12-14(13(11)22-8)23-16(19-12)20-15(21)9-4-2-3-5-10(9)17/h2-7H,1H3,(H,19,20,21). The first kappa shape index (κ1) is 14.7. The number of aromatic nitrogens is 2. The van der Waals surface area contributed by atoms with E-state index in [4.69, 9.17) is 0 Å². The van der Waals surface area contributed by atoms with Crippen LogP contribution in [0.5, 0.6) is 0 Å². The molecule has 7 heteroatoms. The minimum absolute atomic E-state index is 0.173. The number of rotatable bonds is 2. The molecule has 2 aromatic carbocycles. The first-order chi connectivity index (χ1) is 11.1. The quantitative estimate of drug-likeness (QED) is 0.498. The summed E-state index contributed by atoms with van der Waals surface area (Å²) in [5.74, 6) is -0.173. The van der Waals surface area contributed by atoms with E-state index in [1.165, 1.54) is 11.3 Å². The van der Waals surface area contributed by atoms with Crippen molar-refractivity contribution in [1.29, 1.82) is 0 Å². The van der Waals surface area contributed by atoms with Gasteiger partial charge in [0, 0.05) is 4.47 Å². The molecule has 0 atom stereocenters. The monoisotopic (exact) mass is 403 g/mol. The number of benzene rings is 2. The first-order valence-corrected chi connectivity index (χ1v) is 9.27. The Kier molecular flexibility index (Phi) is 3.63. The van der Waals surface area contributed by atoms with E-state index in [9.17, 15) is 4.79 Å². The number of carbonyl (C=O) groups is 1. The van der Waals surface area contributed by atoms with Gasteiger partial charge in [-0.1, -0.05) is 23.5 Å². The van der Waals surface area contributed by atoms with Crippen LogP contribution in [0.15, 0.2) is 40.9 Å². The summed E-state index contributed by atoms with van der Waals surface area (Å²) in [5.41, 5.74) is 2.45. The Bertz CT molecular complexity index is 1050. The number of aryl methyl sites for hydroxylation is 1. The predicted octanol–water partition coefficient (Wildman–Crippen LogP) is 5.23. The molecule has 4 rings (SSSR count). The predicted molar refractivity (Wildman–Crippen MR) is 99.6 cm³/mol. The van der Waals surface area contributed by atoms with E-state index >= 15 is 0 Å². The smallest absolute Gasteiger partial charge is 0.258 e. The van der Waals surface area contributed by atoms with E-state index in [2.05, 4.69) is 31.2 Å². The van der Waals surface area contributed by atoms with E-state index in [-0.39, 0.29) is 5.91 Å². The van der Waals surface area contributed by atoms with Crippen LogP contribution in [0.1, 0.15) is 15.4 Å². The van der Waals surface area contributed by atoms with Crippen molar-refractivity contribution >= 4 is 70.1 Å². The Labute approximate surface area is 148 Å². The molecule has 0 unspecified atom stereocenters. The summed E-state index contributed by atoms with van der Waals surface area (Å²) in [6.07, 6.45) is 0. The van der Waals surface area contributed by atoms with Gasteiger partial charge in [0.1, 0.15) is 0 Å². The molecule has 0 spiro atoms. The molecule has 2 aromatic heterocycles. The second kappa shape index (κ2) is 5.67. The Morgan fingerprint density at radius 3 is 2.52 bits per heavy atom. The third kappa shape index (κ3) is 2.65. The van der Waals surface area contributed by atoms with Crippen LogP contribution in [0.4, 0.5) is 5.13 Å². The number of nitrogens with zero attached hydrogens (tertiary/aromatic N) is 2. The zero-order chi connectivity index (χ0) is 16.0. The van der Waals surface area contributed by atoms with Crippen molar-refractivity contribution in [3.63, 3.8) is 0 Å². The van der Waals surface area contributed by atoms with Crippen LogP contribution >= 0.6 is 38.6 Å². The summed E-state index contributed by atoms with van der Waals surface area (Å²) in [4.78, 5) is 21.4. The lowest BCUT2D eigenvalue weighted by Crippen LogP contribution is -2.12. The lowest BCUT2D eigenvalue weighted by molar-refractivity contribution is 0.102. The maximum atomic E-state index is 12.4. The molecule has 1 amide bonds. The molecule has 0 aliphatic rings. The van der Waals surface area contributed by atoms with Crippen LogP contribution in [0.3, 0.4) is 0 Å². The topological polar surface area (TPSA) is 54.9 Å². The molecule has 2 heterocycles. The molecule has 0 saturated heterocycles. The fourth-order valence-electron chi connectivity index (χ4n) is 2.35. The molecule has 0 radical (unpaired) electrons. The number of nitrogens with one attached hydrogen (secondary N) is 1. The summed E-state index contributed by atoms with van der Waals surface area (Å²) >= 11 is 6.53. The Morgan fingerprint density at radius 1 is 1.04 bits per heavy atom. The maximum absolute atomic E-state index is 12.4. The number of hydrogen-bond acceptors (Lipinski definition) is 5. The highest BCUT2D eigenvalue weighted by atomic mass is 79.9. The first-order valence-electron chi connectivity index (χ1n) is 6.84. The number of halogens is 1. The number of thiazole rings is 2. The van der Waals surface area contributed by atoms with Crippen LogP contribution < -0.4 is 5.32 Å². The van der Waals surface area contributed by atoms with Gasteiger partial charge in [-0.25, -0.2) is 9.97 Å². The zero-order valence-electron chi connectivity index (χ0n) is 12.0. The fourth-order valence-corrected chi connectivity index (χ4v) is 4.81. The molecule has 1 N–H and O–H groups in total. The molecule has 4 aromatic rings. The number of amides is 1. The highest BCUT2D eigenvalue weighted by molar-refractivity contribution is 9.10. The van der Waals surface area contributed by atoms with Crippen molar-refractivity contribution in [1.82, 2.24) is 9.97 Å².